The fraction of sp³-hybridized carbons (Fsp3) is 0.375. The summed E-state index contributed by atoms with van der Waals surface area (Å²) in [6, 6.07) is 4.96. The standard InChI is InChI=1S/C16H16ClNO3/c1-9-4-3-5-11-14(9)16(20)18(15(11)19)10-6-7-13(21-2)12(17)8-10/h3-4,6-9,11,14H,5H2,1-2H3. The van der Waals surface area contributed by atoms with Crippen LogP contribution >= 0.6 is 11.6 Å². The fourth-order valence-electron chi connectivity index (χ4n) is 3.20. The third kappa shape index (κ3) is 2.14. The third-order valence-electron chi connectivity index (χ3n) is 4.27. The number of hydrogen-bond donors (Lipinski definition) is 0. The van der Waals surface area contributed by atoms with Gasteiger partial charge < -0.3 is 4.74 Å². The molecule has 1 saturated heterocycles. The van der Waals surface area contributed by atoms with Crippen molar-refractivity contribution in [2.75, 3.05) is 12.0 Å². The first-order chi connectivity index (χ1) is 10.0. The van der Waals surface area contributed by atoms with Crippen molar-refractivity contribution in [1.29, 1.82) is 0 Å². The number of carbonyl (C=O) groups excluding carboxylic acids is 2. The summed E-state index contributed by atoms with van der Waals surface area (Å²) in [5, 5.41) is 0.386. The van der Waals surface area contributed by atoms with Gasteiger partial charge in [0.1, 0.15) is 5.75 Å². The van der Waals surface area contributed by atoms with Crippen molar-refractivity contribution < 1.29 is 14.3 Å². The molecule has 0 N–H and O–H groups in total. The summed E-state index contributed by atoms with van der Waals surface area (Å²) in [6.45, 7) is 1.98. The molecule has 3 rings (SSSR count). The van der Waals surface area contributed by atoms with Crippen molar-refractivity contribution in [3.63, 3.8) is 0 Å². The Bertz CT molecular complexity index is 640. The quantitative estimate of drug-likeness (QED) is 0.623. The minimum atomic E-state index is -0.261. The Morgan fingerprint density at radius 1 is 1.29 bits per heavy atom. The lowest BCUT2D eigenvalue weighted by atomic mass is 9.78. The van der Waals surface area contributed by atoms with Crippen LogP contribution in [0.4, 0.5) is 5.69 Å². The monoisotopic (exact) mass is 305 g/mol. The highest BCUT2D eigenvalue weighted by molar-refractivity contribution is 6.33. The number of benzene rings is 1. The Morgan fingerprint density at radius 3 is 2.67 bits per heavy atom. The lowest BCUT2D eigenvalue weighted by Crippen LogP contribution is -2.31. The lowest BCUT2D eigenvalue weighted by Gasteiger charge is -2.22. The van der Waals surface area contributed by atoms with Gasteiger partial charge in [0.2, 0.25) is 11.8 Å². The summed E-state index contributed by atoms with van der Waals surface area (Å²) in [6.07, 6.45) is 4.62. The molecule has 4 nitrogen and oxygen atoms in total. The van der Waals surface area contributed by atoms with Gasteiger partial charge in [-0.2, -0.15) is 0 Å². The van der Waals surface area contributed by atoms with Gasteiger partial charge in [0.25, 0.3) is 0 Å². The maximum Gasteiger partial charge on any atom is 0.238 e. The van der Waals surface area contributed by atoms with Gasteiger partial charge in [0, 0.05) is 0 Å². The summed E-state index contributed by atoms with van der Waals surface area (Å²) in [5.74, 6) is -0.182. The molecule has 1 heterocycles. The van der Waals surface area contributed by atoms with E-state index in [2.05, 4.69) is 0 Å². The van der Waals surface area contributed by atoms with Gasteiger partial charge in [-0.25, -0.2) is 4.90 Å². The Kier molecular flexibility index (Phi) is 3.49. The van der Waals surface area contributed by atoms with E-state index < -0.39 is 0 Å². The number of allylic oxidation sites excluding steroid dienone is 2. The highest BCUT2D eigenvalue weighted by atomic mass is 35.5. The average Bonchev–Trinajstić information content (AvgIpc) is 2.72. The average molecular weight is 306 g/mol. The van der Waals surface area contributed by atoms with Crippen LogP contribution in [0, 0.1) is 17.8 Å². The number of halogens is 1. The van der Waals surface area contributed by atoms with E-state index in [-0.39, 0.29) is 29.6 Å². The molecule has 1 fully saturated rings. The van der Waals surface area contributed by atoms with E-state index in [0.29, 0.717) is 22.9 Å². The number of ether oxygens (including phenoxy) is 1. The zero-order chi connectivity index (χ0) is 15.1. The molecule has 1 aliphatic carbocycles. The number of nitrogens with zero attached hydrogens (tertiary/aromatic N) is 1. The van der Waals surface area contributed by atoms with Gasteiger partial charge in [-0.05, 0) is 30.5 Å². The first-order valence-electron chi connectivity index (χ1n) is 6.92. The van der Waals surface area contributed by atoms with E-state index in [1.165, 1.54) is 12.0 Å². The fourth-order valence-corrected chi connectivity index (χ4v) is 3.45. The van der Waals surface area contributed by atoms with Crippen LogP contribution < -0.4 is 9.64 Å². The molecule has 21 heavy (non-hydrogen) atoms. The van der Waals surface area contributed by atoms with Gasteiger partial charge in [-0.3, -0.25) is 9.59 Å². The number of rotatable bonds is 2. The van der Waals surface area contributed by atoms with Crippen LogP contribution in [0.25, 0.3) is 0 Å². The lowest BCUT2D eigenvalue weighted by molar-refractivity contribution is -0.122. The van der Waals surface area contributed by atoms with Crippen LogP contribution in [0.5, 0.6) is 5.75 Å². The second-order valence-corrected chi connectivity index (χ2v) is 5.89. The molecule has 2 aliphatic rings. The van der Waals surface area contributed by atoms with E-state index >= 15 is 0 Å². The molecule has 1 aromatic rings. The van der Waals surface area contributed by atoms with Crippen molar-refractivity contribution in [3.05, 3.63) is 35.4 Å². The summed E-state index contributed by atoms with van der Waals surface area (Å²) < 4.78 is 5.10. The number of imide groups is 1. The second-order valence-electron chi connectivity index (χ2n) is 5.49. The molecule has 0 saturated carbocycles. The molecule has 3 unspecified atom stereocenters. The van der Waals surface area contributed by atoms with Gasteiger partial charge in [-0.1, -0.05) is 30.7 Å². The summed E-state index contributed by atoms with van der Waals surface area (Å²) >= 11 is 6.10. The number of anilines is 1. The topological polar surface area (TPSA) is 46.6 Å². The third-order valence-corrected chi connectivity index (χ3v) is 4.56. The normalized spacial score (nSPS) is 28.0. The van der Waals surface area contributed by atoms with Crippen LogP contribution in [0.15, 0.2) is 30.4 Å². The number of amides is 2. The van der Waals surface area contributed by atoms with Crippen LogP contribution in [-0.2, 0) is 9.59 Å². The van der Waals surface area contributed by atoms with Crippen LogP contribution in [0.2, 0.25) is 5.02 Å². The van der Waals surface area contributed by atoms with Crippen LogP contribution in [0.1, 0.15) is 13.3 Å². The van der Waals surface area contributed by atoms with Crippen molar-refractivity contribution >= 4 is 29.1 Å². The molecule has 5 heteroatoms. The van der Waals surface area contributed by atoms with Crippen molar-refractivity contribution in [3.8, 4) is 5.75 Å². The van der Waals surface area contributed by atoms with Crippen molar-refractivity contribution in [1.82, 2.24) is 0 Å². The van der Waals surface area contributed by atoms with E-state index in [4.69, 9.17) is 16.3 Å². The molecule has 1 aliphatic heterocycles. The maximum absolute atomic E-state index is 12.6. The van der Waals surface area contributed by atoms with Crippen LogP contribution in [0.3, 0.4) is 0 Å². The molecule has 0 radical (unpaired) electrons. The molecule has 0 aromatic heterocycles. The van der Waals surface area contributed by atoms with Gasteiger partial charge in [0.05, 0.1) is 29.7 Å². The van der Waals surface area contributed by atoms with Gasteiger partial charge >= 0.3 is 0 Å². The molecule has 2 amide bonds. The number of fused-ring (bicyclic) bond motifs is 1. The minimum Gasteiger partial charge on any atom is -0.495 e. The van der Waals surface area contributed by atoms with Crippen molar-refractivity contribution in [2.45, 2.75) is 13.3 Å². The Labute approximate surface area is 128 Å². The zero-order valence-electron chi connectivity index (χ0n) is 11.9. The first kappa shape index (κ1) is 14.1. The molecule has 3 atom stereocenters. The molecule has 1 aromatic carbocycles. The molecule has 0 bridgehead atoms. The Balaban J connectivity index is 1.98. The van der Waals surface area contributed by atoms with Crippen molar-refractivity contribution in [2.24, 2.45) is 17.8 Å². The summed E-state index contributed by atoms with van der Waals surface area (Å²) in [4.78, 5) is 26.5. The highest BCUT2D eigenvalue weighted by Crippen LogP contribution is 2.41. The van der Waals surface area contributed by atoms with E-state index in [9.17, 15) is 9.59 Å². The largest absolute Gasteiger partial charge is 0.495 e. The van der Waals surface area contributed by atoms with E-state index in [0.717, 1.165) is 0 Å². The predicted octanol–water partition coefficient (Wildman–Crippen LogP) is 3.05. The smallest absolute Gasteiger partial charge is 0.238 e. The second kappa shape index (κ2) is 5.19. The van der Waals surface area contributed by atoms with E-state index in [1.54, 1.807) is 18.2 Å². The Hall–Kier alpha value is -1.81. The minimum absolute atomic E-state index is 0.0823. The molecule has 0 spiro atoms. The predicted molar refractivity (Wildman–Crippen MR) is 80.4 cm³/mol. The highest BCUT2D eigenvalue weighted by Gasteiger charge is 2.50. The molecule has 110 valence electrons. The summed E-state index contributed by atoms with van der Waals surface area (Å²) in [5.41, 5.74) is 0.511. The van der Waals surface area contributed by atoms with Crippen LogP contribution in [-0.4, -0.2) is 18.9 Å². The zero-order valence-corrected chi connectivity index (χ0v) is 12.6. The number of hydrogen-bond acceptors (Lipinski definition) is 3. The Morgan fingerprint density at radius 2 is 2.05 bits per heavy atom. The number of methoxy groups -OCH3 is 1. The van der Waals surface area contributed by atoms with Gasteiger partial charge in [0.15, 0.2) is 0 Å². The molecular formula is C16H16ClNO3. The SMILES string of the molecule is COc1ccc(N2C(=O)C3CC=CC(C)C3C2=O)cc1Cl. The van der Waals surface area contributed by atoms with E-state index in [1.807, 2.05) is 19.1 Å². The first-order valence-corrected chi connectivity index (χ1v) is 7.30. The summed E-state index contributed by atoms with van der Waals surface area (Å²) in [7, 11) is 1.52. The number of carbonyl (C=O) groups is 2. The van der Waals surface area contributed by atoms with Gasteiger partial charge in [-0.15, -0.1) is 0 Å². The molecular weight excluding hydrogens is 290 g/mol. The maximum atomic E-state index is 12.6.